The predicted molar refractivity (Wildman–Crippen MR) is 73.9 cm³/mol. The topological polar surface area (TPSA) is 41.3 Å². The zero-order valence-electron chi connectivity index (χ0n) is 10.2. The minimum atomic E-state index is -0.327. The van der Waals surface area contributed by atoms with E-state index < -0.39 is 0 Å². The molecule has 0 saturated carbocycles. The summed E-state index contributed by atoms with van der Waals surface area (Å²) in [4.78, 5) is 2.32. The van der Waals surface area contributed by atoms with Gasteiger partial charge in [0.1, 0.15) is 10.8 Å². The zero-order valence-corrected chi connectivity index (χ0v) is 11.0. The summed E-state index contributed by atoms with van der Waals surface area (Å²) in [5, 5.41) is 3.22. The van der Waals surface area contributed by atoms with Crippen LogP contribution in [-0.2, 0) is 0 Å². The summed E-state index contributed by atoms with van der Waals surface area (Å²) >= 11 is 4.89. The highest BCUT2D eigenvalue weighted by Crippen LogP contribution is 2.16. The molecule has 0 aromatic heterocycles. The van der Waals surface area contributed by atoms with Crippen LogP contribution in [0, 0.1) is 5.82 Å². The van der Waals surface area contributed by atoms with E-state index in [1.54, 1.807) is 6.07 Å². The first kappa shape index (κ1) is 13.9. The van der Waals surface area contributed by atoms with Crippen LogP contribution >= 0.6 is 12.2 Å². The molecule has 0 bridgehead atoms. The molecule has 0 atom stereocenters. The number of nitrogens with zero attached hydrogens (tertiary/aromatic N) is 1. The molecule has 0 fully saturated rings. The molecule has 0 radical (unpaired) electrons. The monoisotopic (exact) mass is 255 g/mol. The summed E-state index contributed by atoms with van der Waals surface area (Å²) in [5.41, 5.74) is 6.90. The van der Waals surface area contributed by atoms with Crippen LogP contribution in [0.4, 0.5) is 10.1 Å². The summed E-state index contributed by atoms with van der Waals surface area (Å²) in [7, 11) is 4.05. The van der Waals surface area contributed by atoms with Crippen molar-refractivity contribution in [1.29, 1.82) is 0 Å². The van der Waals surface area contributed by atoms with E-state index >= 15 is 0 Å². The van der Waals surface area contributed by atoms with Crippen LogP contribution in [0.3, 0.4) is 0 Å². The Morgan fingerprint density at radius 3 is 2.76 bits per heavy atom. The number of nitrogens with two attached hydrogens (primary N) is 1. The van der Waals surface area contributed by atoms with Gasteiger partial charge in [-0.25, -0.2) is 4.39 Å². The van der Waals surface area contributed by atoms with Gasteiger partial charge in [0, 0.05) is 17.8 Å². The maximum atomic E-state index is 13.1. The van der Waals surface area contributed by atoms with E-state index in [1.807, 2.05) is 14.1 Å². The highest BCUT2D eigenvalue weighted by Gasteiger charge is 2.06. The quantitative estimate of drug-likeness (QED) is 0.601. The van der Waals surface area contributed by atoms with Gasteiger partial charge in [-0.15, -0.1) is 0 Å². The molecule has 0 unspecified atom stereocenters. The van der Waals surface area contributed by atoms with Crippen molar-refractivity contribution in [2.45, 2.75) is 6.42 Å². The first-order valence-electron chi connectivity index (χ1n) is 5.48. The van der Waals surface area contributed by atoms with Crippen molar-refractivity contribution in [1.82, 2.24) is 4.90 Å². The Balaban J connectivity index is 2.61. The Morgan fingerprint density at radius 2 is 2.18 bits per heavy atom. The van der Waals surface area contributed by atoms with Gasteiger partial charge in [0.15, 0.2) is 0 Å². The van der Waals surface area contributed by atoms with Gasteiger partial charge in [-0.1, -0.05) is 12.2 Å². The smallest absolute Gasteiger partial charge is 0.124 e. The largest absolute Gasteiger partial charge is 0.389 e. The van der Waals surface area contributed by atoms with E-state index in [4.69, 9.17) is 18.0 Å². The normalized spacial score (nSPS) is 10.6. The fourth-order valence-electron chi connectivity index (χ4n) is 1.49. The van der Waals surface area contributed by atoms with Crippen LogP contribution < -0.4 is 11.1 Å². The van der Waals surface area contributed by atoms with E-state index in [2.05, 4.69) is 10.2 Å². The standard InChI is InChI=1S/C12H18FN3S/c1-16(2)7-3-6-15-11-5-4-9(13)8-10(11)12(14)17/h4-5,8,15H,3,6-7H2,1-2H3,(H2,14,17). The summed E-state index contributed by atoms with van der Waals surface area (Å²) in [5.74, 6) is -0.327. The number of hydrogen-bond donors (Lipinski definition) is 2. The molecular weight excluding hydrogens is 237 g/mol. The van der Waals surface area contributed by atoms with Crippen molar-refractivity contribution >= 4 is 22.9 Å². The minimum absolute atomic E-state index is 0.208. The minimum Gasteiger partial charge on any atom is -0.389 e. The molecule has 0 aliphatic heterocycles. The van der Waals surface area contributed by atoms with Crippen LogP contribution in [-0.4, -0.2) is 37.1 Å². The highest BCUT2D eigenvalue weighted by atomic mass is 32.1. The maximum absolute atomic E-state index is 13.1. The van der Waals surface area contributed by atoms with Crippen LogP contribution in [0.2, 0.25) is 0 Å². The van der Waals surface area contributed by atoms with E-state index in [0.29, 0.717) is 5.56 Å². The number of halogens is 1. The zero-order chi connectivity index (χ0) is 12.8. The summed E-state index contributed by atoms with van der Waals surface area (Å²) in [6, 6.07) is 4.42. The average molecular weight is 255 g/mol. The van der Waals surface area contributed by atoms with Crippen LogP contribution in [0.5, 0.6) is 0 Å². The molecule has 1 rings (SSSR count). The molecule has 94 valence electrons. The van der Waals surface area contributed by atoms with Gasteiger partial charge in [-0.05, 0) is 45.3 Å². The highest BCUT2D eigenvalue weighted by molar-refractivity contribution is 7.80. The number of anilines is 1. The van der Waals surface area contributed by atoms with E-state index in [1.165, 1.54) is 12.1 Å². The van der Waals surface area contributed by atoms with Crippen molar-refractivity contribution in [2.24, 2.45) is 5.73 Å². The summed E-state index contributed by atoms with van der Waals surface area (Å²) in [6.07, 6.45) is 1.00. The second-order valence-electron chi connectivity index (χ2n) is 4.14. The molecule has 0 spiro atoms. The Bertz CT molecular complexity index is 393. The Hall–Kier alpha value is -1.20. The number of benzene rings is 1. The second-order valence-corrected chi connectivity index (χ2v) is 4.58. The molecule has 17 heavy (non-hydrogen) atoms. The molecule has 5 heteroatoms. The molecule has 3 N–H and O–H groups in total. The van der Waals surface area contributed by atoms with Crippen molar-refractivity contribution in [3.63, 3.8) is 0 Å². The van der Waals surface area contributed by atoms with E-state index in [0.717, 1.165) is 25.2 Å². The molecule has 0 saturated heterocycles. The lowest BCUT2D eigenvalue weighted by Gasteiger charge is -2.13. The Labute approximate surface area is 107 Å². The first-order chi connectivity index (χ1) is 8.00. The lowest BCUT2D eigenvalue weighted by atomic mass is 10.1. The maximum Gasteiger partial charge on any atom is 0.124 e. The summed E-state index contributed by atoms with van der Waals surface area (Å²) < 4.78 is 13.1. The van der Waals surface area contributed by atoms with Gasteiger partial charge in [0.2, 0.25) is 0 Å². The number of hydrogen-bond acceptors (Lipinski definition) is 3. The van der Waals surface area contributed by atoms with E-state index in [-0.39, 0.29) is 10.8 Å². The summed E-state index contributed by atoms with van der Waals surface area (Å²) in [6.45, 7) is 1.80. The van der Waals surface area contributed by atoms with Gasteiger partial charge >= 0.3 is 0 Å². The predicted octanol–water partition coefficient (Wildman–Crippen LogP) is 1.82. The van der Waals surface area contributed by atoms with E-state index in [9.17, 15) is 4.39 Å². The lowest BCUT2D eigenvalue weighted by Crippen LogP contribution is -2.18. The molecule has 1 aromatic rings. The molecule has 0 amide bonds. The van der Waals surface area contributed by atoms with Crippen molar-refractivity contribution in [3.8, 4) is 0 Å². The Morgan fingerprint density at radius 1 is 1.47 bits per heavy atom. The number of rotatable bonds is 6. The van der Waals surface area contributed by atoms with Crippen LogP contribution in [0.25, 0.3) is 0 Å². The van der Waals surface area contributed by atoms with Crippen molar-refractivity contribution in [2.75, 3.05) is 32.5 Å². The third-order valence-corrected chi connectivity index (χ3v) is 2.56. The fraction of sp³-hybridized carbons (Fsp3) is 0.417. The molecule has 0 aliphatic carbocycles. The third-order valence-electron chi connectivity index (χ3n) is 2.34. The molecule has 0 heterocycles. The fourth-order valence-corrected chi connectivity index (χ4v) is 1.66. The third kappa shape index (κ3) is 4.66. The van der Waals surface area contributed by atoms with Gasteiger partial charge in [-0.3, -0.25) is 0 Å². The van der Waals surface area contributed by atoms with Crippen molar-refractivity contribution in [3.05, 3.63) is 29.6 Å². The molecule has 1 aromatic carbocycles. The second kappa shape index (κ2) is 6.51. The SMILES string of the molecule is CN(C)CCCNc1ccc(F)cc1C(N)=S. The molecular formula is C12H18FN3S. The van der Waals surface area contributed by atoms with Gasteiger partial charge in [0.05, 0.1) is 0 Å². The first-order valence-corrected chi connectivity index (χ1v) is 5.89. The number of nitrogens with one attached hydrogen (secondary N) is 1. The van der Waals surface area contributed by atoms with Gasteiger partial charge in [-0.2, -0.15) is 0 Å². The average Bonchev–Trinajstić information content (AvgIpc) is 2.25. The molecule has 0 aliphatic rings. The van der Waals surface area contributed by atoms with Gasteiger partial charge in [0.25, 0.3) is 0 Å². The van der Waals surface area contributed by atoms with Gasteiger partial charge < -0.3 is 16.0 Å². The number of thiocarbonyl (C=S) groups is 1. The van der Waals surface area contributed by atoms with Crippen LogP contribution in [0.1, 0.15) is 12.0 Å². The Kier molecular flexibility index (Phi) is 5.31. The molecule has 3 nitrogen and oxygen atoms in total. The lowest BCUT2D eigenvalue weighted by molar-refractivity contribution is 0.405. The van der Waals surface area contributed by atoms with Crippen molar-refractivity contribution < 1.29 is 4.39 Å². The van der Waals surface area contributed by atoms with Crippen LogP contribution in [0.15, 0.2) is 18.2 Å².